The van der Waals surface area contributed by atoms with E-state index in [1.165, 1.54) is 0 Å². The molecule has 0 radical (unpaired) electrons. The summed E-state index contributed by atoms with van der Waals surface area (Å²) in [6.07, 6.45) is -0.789. The van der Waals surface area contributed by atoms with Gasteiger partial charge in [-0.25, -0.2) is 10.1 Å². The number of para-hydroxylation sites is 1. The summed E-state index contributed by atoms with van der Waals surface area (Å²) in [7, 11) is 0. The SMILES string of the molecule is CCC(O)N(c1ccccc1)[N+](=O)[O-]. The minimum absolute atomic E-state index is 0.301. The van der Waals surface area contributed by atoms with E-state index < -0.39 is 11.3 Å². The van der Waals surface area contributed by atoms with Crippen molar-refractivity contribution in [1.82, 2.24) is 0 Å². The number of benzene rings is 1. The lowest BCUT2D eigenvalue weighted by Crippen LogP contribution is -2.39. The summed E-state index contributed by atoms with van der Waals surface area (Å²) in [4.78, 5) is 10.7. The van der Waals surface area contributed by atoms with Crippen molar-refractivity contribution in [3.8, 4) is 0 Å². The highest BCUT2D eigenvalue weighted by molar-refractivity contribution is 5.43. The van der Waals surface area contributed by atoms with Crippen LogP contribution in [0.5, 0.6) is 0 Å². The van der Waals surface area contributed by atoms with Gasteiger partial charge in [0.05, 0.1) is 0 Å². The fourth-order valence-electron chi connectivity index (χ4n) is 1.13. The summed E-state index contributed by atoms with van der Waals surface area (Å²) < 4.78 is 0. The number of rotatable bonds is 4. The molecule has 1 unspecified atom stereocenters. The second kappa shape index (κ2) is 4.57. The Kier molecular flexibility index (Phi) is 3.41. The Morgan fingerprint density at radius 2 is 2.07 bits per heavy atom. The second-order valence-corrected chi connectivity index (χ2v) is 2.81. The van der Waals surface area contributed by atoms with Crippen molar-refractivity contribution >= 4 is 5.69 Å². The van der Waals surface area contributed by atoms with Crippen LogP contribution in [0.3, 0.4) is 0 Å². The minimum Gasteiger partial charge on any atom is -0.368 e. The number of hydrogen-bond acceptors (Lipinski definition) is 3. The first kappa shape index (κ1) is 10.5. The fourth-order valence-corrected chi connectivity index (χ4v) is 1.13. The van der Waals surface area contributed by atoms with Crippen molar-refractivity contribution in [2.75, 3.05) is 5.01 Å². The Hall–Kier alpha value is -1.62. The maximum absolute atomic E-state index is 10.7. The lowest BCUT2D eigenvalue weighted by Gasteiger charge is -2.18. The third-order valence-electron chi connectivity index (χ3n) is 1.84. The van der Waals surface area contributed by atoms with E-state index in [1.54, 1.807) is 37.3 Å². The molecule has 76 valence electrons. The summed E-state index contributed by atoms with van der Waals surface area (Å²) in [5.74, 6) is 0. The Labute approximate surface area is 81.7 Å². The van der Waals surface area contributed by atoms with Gasteiger partial charge in [-0.15, -0.1) is 0 Å². The molecule has 14 heavy (non-hydrogen) atoms. The molecule has 0 aliphatic heterocycles. The van der Waals surface area contributed by atoms with E-state index >= 15 is 0 Å². The van der Waals surface area contributed by atoms with Gasteiger partial charge in [-0.1, -0.05) is 30.1 Å². The van der Waals surface area contributed by atoms with E-state index in [1.807, 2.05) is 0 Å². The van der Waals surface area contributed by atoms with Gasteiger partial charge >= 0.3 is 0 Å². The van der Waals surface area contributed by atoms with Gasteiger partial charge in [-0.2, -0.15) is 0 Å². The van der Waals surface area contributed by atoms with Gasteiger partial charge in [0.2, 0.25) is 0 Å². The molecule has 0 bridgehead atoms. The number of aliphatic hydroxyl groups is 1. The van der Waals surface area contributed by atoms with Crippen LogP contribution >= 0.6 is 0 Å². The Morgan fingerprint density at radius 3 is 2.50 bits per heavy atom. The quantitative estimate of drug-likeness (QED) is 0.449. The van der Waals surface area contributed by atoms with Gasteiger partial charge in [-0.05, 0) is 18.6 Å². The predicted octanol–water partition coefficient (Wildman–Crippen LogP) is 1.41. The summed E-state index contributed by atoms with van der Waals surface area (Å²) in [5.41, 5.74) is 0.381. The predicted molar refractivity (Wildman–Crippen MR) is 52.2 cm³/mol. The molecule has 0 aromatic heterocycles. The molecule has 5 heteroatoms. The largest absolute Gasteiger partial charge is 0.368 e. The number of aliphatic hydroxyl groups excluding tert-OH is 1. The van der Waals surface area contributed by atoms with Crippen LogP contribution in [0.1, 0.15) is 13.3 Å². The molecular weight excluding hydrogens is 184 g/mol. The molecule has 1 rings (SSSR count). The molecule has 1 aromatic rings. The smallest absolute Gasteiger partial charge is 0.190 e. The molecule has 0 aliphatic carbocycles. The van der Waals surface area contributed by atoms with Crippen LogP contribution < -0.4 is 5.01 Å². The van der Waals surface area contributed by atoms with Gasteiger partial charge in [0.1, 0.15) is 5.69 Å². The lowest BCUT2D eigenvalue weighted by atomic mass is 10.3. The van der Waals surface area contributed by atoms with Crippen molar-refractivity contribution in [2.24, 2.45) is 0 Å². The normalized spacial score (nSPS) is 12.1. The molecule has 1 aromatic carbocycles. The minimum atomic E-state index is -1.09. The molecule has 0 spiro atoms. The van der Waals surface area contributed by atoms with E-state index in [2.05, 4.69) is 0 Å². The van der Waals surface area contributed by atoms with Gasteiger partial charge in [0.15, 0.2) is 11.3 Å². The highest BCUT2D eigenvalue weighted by Gasteiger charge is 2.24. The molecule has 0 saturated carbocycles. The van der Waals surface area contributed by atoms with E-state index in [0.29, 0.717) is 12.1 Å². The van der Waals surface area contributed by atoms with Crippen LogP contribution in [0.25, 0.3) is 0 Å². The van der Waals surface area contributed by atoms with Crippen LogP contribution in [0.4, 0.5) is 5.69 Å². The number of hydrogen-bond donors (Lipinski definition) is 1. The number of hydrazine groups is 1. The van der Waals surface area contributed by atoms with E-state index in [4.69, 9.17) is 0 Å². The third kappa shape index (κ3) is 2.20. The van der Waals surface area contributed by atoms with E-state index in [9.17, 15) is 15.2 Å². The highest BCUT2D eigenvalue weighted by Crippen LogP contribution is 2.16. The van der Waals surface area contributed by atoms with Crippen molar-refractivity contribution in [2.45, 2.75) is 19.6 Å². The first-order chi connectivity index (χ1) is 6.66. The van der Waals surface area contributed by atoms with Crippen LogP contribution in [0.2, 0.25) is 0 Å². The number of nitro groups is 1. The van der Waals surface area contributed by atoms with Gasteiger partial charge < -0.3 is 5.11 Å². The standard InChI is InChI=1S/C9H12N2O3/c1-2-9(12)10(11(13)14)8-6-4-3-5-7-8/h3-7,9,12H,2H2,1H3. The Balaban J connectivity index is 2.95. The zero-order valence-corrected chi connectivity index (χ0v) is 7.83. The van der Waals surface area contributed by atoms with Crippen LogP contribution in [-0.2, 0) is 0 Å². The first-order valence-corrected chi connectivity index (χ1v) is 4.33. The molecule has 1 N–H and O–H groups in total. The number of nitrogens with zero attached hydrogens (tertiary/aromatic N) is 2. The molecule has 5 nitrogen and oxygen atoms in total. The average molecular weight is 196 g/mol. The van der Waals surface area contributed by atoms with Crippen LogP contribution in [-0.4, -0.2) is 16.4 Å². The average Bonchev–Trinajstić information content (AvgIpc) is 2.19. The second-order valence-electron chi connectivity index (χ2n) is 2.81. The van der Waals surface area contributed by atoms with Gasteiger partial charge in [0.25, 0.3) is 0 Å². The monoisotopic (exact) mass is 196 g/mol. The van der Waals surface area contributed by atoms with E-state index in [-0.39, 0.29) is 0 Å². The van der Waals surface area contributed by atoms with Crippen molar-refractivity contribution in [1.29, 1.82) is 0 Å². The lowest BCUT2D eigenvalue weighted by molar-refractivity contribution is -0.508. The fraction of sp³-hybridized carbons (Fsp3) is 0.333. The zero-order chi connectivity index (χ0) is 10.6. The van der Waals surface area contributed by atoms with Crippen molar-refractivity contribution in [3.63, 3.8) is 0 Å². The van der Waals surface area contributed by atoms with Gasteiger partial charge in [0, 0.05) is 0 Å². The molecule has 0 aliphatic rings. The summed E-state index contributed by atoms with van der Waals surface area (Å²) in [6, 6.07) is 8.31. The molecule has 0 fully saturated rings. The summed E-state index contributed by atoms with van der Waals surface area (Å²) >= 11 is 0. The Bertz CT molecular complexity index is 302. The summed E-state index contributed by atoms with van der Waals surface area (Å²) in [5, 5.41) is 20.2. The first-order valence-electron chi connectivity index (χ1n) is 4.33. The van der Waals surface area contributed by atoms with Crippen molar-refractivity contribution in [3.05, 3.63) is 40.4 Å². The summed E-state index contributed by atoms with van der Waals surface area (Å²) in [6.45, 7) is 1.68. The number of anilines is 1. The zero-order valence-electron chi connectivity index (χ0n) is 7.83. The maximum Gasteiger partial charge on any atom is 0.190 e. The van der Waals surface area contributed by atoms with Gasteiger partial charge in [-0.3, -0.25) is 0 Å². The van der Waals surface area contributed by atoms with Crippen LogP contribution in [0.15, 0.2) is 30.3 Å². The Morgan fingerprint density at radius 1 is 1.50 bits per heavy atom. The van der Waals surface area contributed by atoms with Crippen LogP contribution in [0, 0.1) is 10.1 Å². The molecule has 0 amide bonds. The van der Waals surface area contributed by atoms with E-state index in [0.717, 1.165) is 5.01 Å². The molecule has 0 heterocycles. The topological polar surface area (TPSA) is 66.6 Å². The third-order valence-corrected chi connectivity index (χ3v) is 1.84. The molecule has 0 saturated heterocycles. The highest BCUT2D eigenvalue weighted by atomic mass is 16.7. The maximum atomic E-state index is 10.7. The molecule has 1 atom stereocenters. The molecular formula is C9H12N2O3. The van der Waals surface area contributed by atoms with Crippen molar-refractivity contribution < 1.29 is 10.1 Å².